The van der Waals surface area contributed by atoms with E-state index in [4.69, 9.17) is 17.2 Å². The summed E-state index contributed by atoms with van der Waals surface area (Å²) in [5.41, 5.74) is 15.4. The molecule has 0 spiro atoms. The zero-order valence-corrected chi connectivity index (χ0v) is 6.21. The Kier molecular flexibility index (Phi) is 9.77. The SMILES string of the molecule is N.NCCCCN=C(N)N. The van der Waals surface area contributed by atoms with Crippen LogP contribution < -0.4 is 23.4 Å². The maximum Gasteiger partial charge on any atom is 0.185 e. The predicted molar refractivity (Wildman–Crippen MR) is 44.0 cm³/mol. The van der Waals surface area contributed by atoms with E-state index in [1.54, 1.807) is 0 Å². The molecule has 5 heteroatoms. The second kappa shape index (κ2) is 8.19. The van der Waals surface area contributed by atoms with Gasteiger partial charge in [0.25, 0.3) is 0 Å². The fourth-order valence-corrected chi connectivity index (χ4v) is 0.464. The summed E-state index contributed by atoms with van der Waals surface area (Å²) in [6.45, 7) is 1.40. The van der Waals surface area contributed by atoms with Gasteiger partial charge in [0.2, 0.25) is 0 Å². The molecule has 0 saturated heterocycles. The van der Waals surface area contributed by atoms with E-state index in [0.717, 1.165) is 12.8 Å². The van der Waals surface area contributed by atoms with Gasteiger partial charge in [-0.25, -0.2) is 0 Å². The molecule has 0 bridgehead atoms. The molecule has 0 amide bonds. The number of hydrogen-bond acceptors (Lipinski definition) is 3. The van der Waals surface area contributed by atoms with Crippen molar-refractivity contribution in [2.75, 3.05) is 13.1 Å². The summed E-state index contributed by atoms with van der Waals surface area (Å²) in [5.74, 6) is 0.159. The zero-order valence-electron chi connectivity index (χ0n) is 6.21. The summed E-state index contributed by atoms with van der Waals surface area (Å²) >= 11 is 0. The number of nitrogens with zero attached hydrogens (tertiary/aromatic N) is 1. The molecular weight excluding hydrogens is 130 g/mol. The van der Waals surface area contributed by atoms with Crippen LogP contribution in [0.2, 0.25) is 0 Å². The number of guanidine groups is 1. The molecular formula is C5H17N5. The van der Waals surface area contributed by atoms with Gasteiger partial charge in [0, 0.05) is 6.54 Å². The van der Waals surface area contributed by atoms with E-state index >= 15 is 0 Å². The van der Waals surface area contributed by atoms with Gasteiger partial charge >= 0.3 is 0 Å². The van der Waals surface area contributed by atoms with Gasteiger partial charge in [-0.15, -0.1) is 0 Å². The Hall–Kier alpha value is -0.810. The van der Waals surface area contributed by atoms with Crippen LogP contribution in [0.1, 0.15) is 12.8 Å². The monoisotopic (exact) mass is 147 g/mol. The van der Waals surface area contributed by atoms with Gasteiger partial charge in [-0.2, -0.15) is 0 Å². The van der Waals surface area contributed by atoms with E-state index in [0.29, 0.717) is 13.1 Å². The molecule has 10 heavy (non-hydrogen) atoms. The minimum absolute atomic E-state index is 0. The van der Waals surface area contributed by atoms with Crippen molar-refractivity contribution >= 4 is 5.96 Å². The summed E-state index contributed by atoms with van der Waals surface area (Å²) in [7, 11) is 0. The van der Waals surface area contributed by atoms with Crippen LogP contribution in [0.5, 0.6) is 0 Å². The van der Waals surface area contributed by atoms with Crippen molar-refractivity contribution in [3.63, 3.8) is 0 Å². The molecule has 0 saturated carbocycles. The standard InChI is InChI=1S/C5H14N4.H3N/c6-3-1-2-4-9-5(7)8;/h1-4,6H2,(H4,7,8,9);1H3. The summed E-state index contributed by atoms with van der Waals surface area (Å²) in [6, 6.07) is 0. The molecule has 0 aromatic carbocycles. The molecule has 0 fully saturated rings. The molecule has 5 nitrogen and oxygen atoms in total. The van der Waals surface area contributed by atoms with Crippen LogP contribution in [0.4, 0.5) is 0 Å². The second-order valence-electron chi connectivity index (χ2n) is 1.80. The quantitative estimate of drug-likeness (QED) is 0.235. The van der Waals surface area contributed by atoms with E-state index < -0.39 is 0 Å². The van der Waals surface area contributed by atoms with E-state index in [9.17, 15) is 0 Å². The van der Waals surface area contributed by atoms with Gasteiger partial charge in [0.05, 0.1) is 0 Å². The first-order valence-electron chi connectivity index (χ1n) is 3.03. The lowest BCUT2D eigenvalue weighted by molar-refractivity contribution is 0.755. The first-order valence-corrected chi connectivity index (χ1v) is 3.03. The molecule has 0 heterocycles. The average Bonchev–Trinajstić information content (AvgIpc) is 1.80. The average molecular weight is 147 g/mol. The van der Waals surface area contributed by atoms with Gasteiger partial charge in [0.15, 0.2) is 5.96 Å². The molecule has 0 aliphatic rings. The minimum atomic E-state index is 0. The van der Waals surface area contributed by atoms with E-state index in [1.807, 2.05) is 0 Å². The highest BCUT2D eigenvalue weighted by Crippen LogP contribution is 1.84. The number of aliphatic imine (C=N–C) groups is 1. The molecule has 0 atom stereocenters. The Bertz CT molecular complexity index is 86.0. The molecule has 0 aliphatic carbocycles. The predicted octanol–water partition coefficient (Wildman–Crippen LogP) is -0.839. The molecule has 0 aromatic heterocycles. The van der Waals surface area contributed by atoms with Gasteiger partial charge in [-0.1, -0.05) is 0 Å². The maximum atomic E-state index is 5.23. The highest BCUT2D eigenvalue weighted by Gasteiger charge is 1.82. The number of nitrogens with two attached hydrogens (primary N) is 3. The van der Waals surface area contributed by atoms with Crippen LogP contribution in [0.3, 0.4) is 0 Å². The van der Waals surface area contributed by atoms with Crippen molar-refractivity contribution in [1.82, 2.24) is 6.15 Å². The third-order valence-electron chi connectivity index (χ3n) is 0.907. The number of rotatable bonds is 4. The van der Waals surface area contributed by atoms with Crippen LogP contribution in [0.25, 0.3) is 0 Å². The molecule has 0 aromatic rings. The number of unbranched alkanes of at least 4 members (excludes halogenated alkanes) is 1. The largest absolute Gasteiger partial charge is 0.370 e. The summed E-state index contributed by atoms with van der Waals surface area (Å²) < 4.78 is 0. The zero-order chi connectivity index (χ0) is 7.11. The smallest absolute Gasteiger partial charge is 0.185 e. The lowest BCUT2D eigenvalue weighted by Gasteiger charge is -1.92. The third kappa shape index (κ3) is 10.2. The highest BCUT2D eigenvalue weighted by molar-refractivity contribution is 5.75. The minimum Gasteiger partial charge on any atom is -0.370 e. The molecule has 0 rings (SSSR count). The van der Waals surface area contributed by atoms with Gasteiger partial charge in [0.1, 0.15) is 0 Å². The lowest BCUT2D eigenvalue weighted by atomic mass is 10.3. The third-order valence-corrected chi connectivity index (χ3v) is 0.907. The Morgan fingerprint density at radius 1 is 1.20 bits per heavy atom. The normalized spacial score (nSPS) is 8.10. The first kappa shape index (κ1) is 11.9. The van der Waals surface area contributed by atoms with Crippen molar-refractivity contribution in [3.8, 4) is 0 Å². The molecule has 62 valence electrons. The summed E-state index contributed by atoms with van der Waals surface area (Å²) in [5, 5.41) is 0. The van der Waals surface area contributed by atoms with Gasteiger partial charge < -0.3 is 23.4 Å². The lowest BCUT2D eigenvalue weighted by Crippen LogP contribution is -2.23. The van der Waals surface area contributed by atoms with Crippen molar-refractivity contribution in [1.29, 1.82) is 0 Å². The maximum absolute atomic E-state index is 5.23. The number of hydrogen-bond donors (Lipinski definition) is 4. The Balaban J connectivity index is 0. The molecule has 0 radical (unpaired) electrons. The topological polar surface area (TPSA) is 125 Å². The van der Waals surface area contributed by atoms with E-state index in [2.05, 4.69) is 4.99 Å². The van der Waals surface area contributed by atoms with Gasteiger partial charge in [-0.05, 0) is 19.4 Å². The molecule has 0 unspecified atom stereocenters. The highest BCUT2D eigenvalue weighted by atomic mass is 15.0. The summed E-state index contributed by atoms with van der Waals surface area (Å²) in [6.07, 6.45) is 1.95. The van der Waals surface area contributed by atoms with Crippen molar-refractivity contribution in [3.05, 3.63) is 0 Å². The van der Waals surface area contributed by atoms with Crippen molar-refractivity contribution < 1.29 is 0 Å². The summed E-state index contributed by atoms with van der Waals surface area (Å²) in [4.78, 5) is 3.78. The molecule has 9 N–H and O–H groups in total. The first-order chi connectivity index (χ1) is 4.27. The fourth-order valence-electron chi connectivity index (χ4n) is 0.464. The van der Waals surface area contributed by atoms with Crippen LogP contribution >= 0.6 is 0 Å². The van der Waals surface area contributed by atoms with Crippen molar-refractivity contribution in [2.45, 2.75) is 12.8 Å². The Morgan fingerprint density at radius 2 is 1.80 bits per heavy atom. The van der Waals surface area contributed by atoms with Crippen LogP contribution in [-0.4, -0.2) is 19.0 Å². The van der Waals surface area contributed by atoms with Gasteiger partial charge in [-0.3, -0.25) is 4.99 Å². The van der Waals surface area contributed by atoms with E-state index in [1.165, 1.54) is 0 Å². The fraction of sp³-hybridized carbons (Fsp3) is 0.800. The second-order valence-corrected chi connectivity index (χ2v) is 1.80. The molecule has 0 aliphatic heterocycles. The van der Waals surface area contributed by atoms with Crippen LogP contribution in [-0.2, 0) is 0 Å². The van der Waals surface area contributed by atoms with Crippen molar-refractivity contribution in [2.24, 2.45) is 22.2 Å². The van der Waals surface area contributed by atoms with E-state index in [-0.39, 0.29) is 12.1 Å². The van der Waals surface area contributed by atoms with Crippen LogP contribution in [0, 0.1) is 0 Å². The Morgan fingerprint density at radius 3 is 2.20 bits per heavy atom. The Labute approximate surface area is 61.2 Å². The van der Waals surface area contributed by atoms with Crippen LogP contribution in [0.15, 0.2) is 4.99 Å².